The molecular formula is C13H17N3O4S. The molecule has 0 spiro atoms. The Morgan fingerprint density at radius 1 is 1.38 bits per heavy atom. The molecule has 21 heavy (non-hydrogen) atoms. The van der Waals surface area contributed by atoms with E-state index in [1.165, 1.54) is 16.4 Å². The van der Waals surface area contributed by atoms with Crippen LogP contribution < -0.4 is 11.1 Å². The molecule has 1 unspecified atom stereocenters. The highest BCUT2D eigenvalue weighted by Gasteiger charge is 2.29. The number of nitrogens with one attached hydrogen (secondary N) is 2. The first-order valence-electron chi connectivity index (χ1n) is 6.80. The van der Waals surface area contributed by atoms with Gasteiger partial charge < -0.3 is 9.73 Å². The van der Waals surface area contributed by atoms with Gasteiger partial charge in [-0.05, 0) is 31.5 Å². The summed E-state index contributed by atoms with van der Waals surface area (Å²) in [6, 6.07) is 4.35. The van der Waals surface area contributed by atoms with E-state index in [-0.39, 0.29) is 16.5 Å². The smallest absolute Gasteiger partial charge is 0.408 e. The standard InChI is InChI=1S/C13H17N3O4S/c1-16(9-3-2-6-14-8-9)21(18,19)10-4-5-11-12(7-10)20-13(17)15-11/h4-5,7,9,14H,2-3,6,8H2,1H3,(H,15,17). The molecule has 8 heteroatoms. The molecule has 0 amide bonds. The number of rotatable bonds is 3. The van der Waals surface area contributed by atoms with E-state index in [0.717, 1.165) is 19.4 Å². The number of hydrogen-bond donors (Lipinski definition) is 2. The van der Waals surface area contributed by atoms with E-state index < -0.39 is 15.8 Å². The van der Waals surface area contributed by atoms with Crippen molar-refractivity contribution in [3.63, 3.8) is 0 Å². The van der Waals surface area contributed by atoms with Crippen molar-refractivity contribution in [1.29, 1.82) is 0 Å². The van der Waals surface area contributed by atoms with E-state index in [2.05, 4.69) is 10.3 Å². The number of nitrogens with zero attached hydrogens (tertiary/aromatic N) is 1. The van der Waals surface area contributed by atoms with Crippen LogP contribution in [0.4, 0.5) is 0 Å². The predicted octanol–water partition coefficient (Wildman–Crippen LogP) is 0.494. The van der Waals surface area contributed by atoms with Crippen molar-refractivity contribution in [2.45, 2.75) is 23.8 Å². The zero-order chi connectivity index (χ0) is 15.0. The van der Waals surface area contributed by atoms with Crippen LogP contribution in [0.2, 0.25) is 0 Å². The molecule has 1 saturated heterocycles. The lowest BCUT2D eigenvalue weighted by Crippen LogP contribution is -2.46. The van der Waals surface area contributed by atoms with Gasteiger partial charge in [0.2, 0.25) is 10.0 Å². The third kappa shape index (κ3) is 2.61. The van der Waals surface area contributed by atoms with Gasteiger partial charge in [-0.25, -0.2) is 13.2 Å². The molecule has 1 atom stereocenters. The molecule has 1 aliphatic rings. The van der Waals surface area contributed by atoms with Crippen molar-refractivity contribution in [2.75, 3.05) is 20.1 Å². The number of oxazole rings is 1. The minimum absolute atomic E-state index is 0.0577. The third-order valence-corrected chi connectivity index (χ3v) is 5.76. The summed E-state index contributed by atoms with van der Waals surface area (Å²) in [6.07, 6.45) is 1.79. The fourth-order valence-corrected chi connectivity index (χ4v) is 3.99. The van der Waals surface area contributed by atoms with E-state index in [4.69, 9.17) is 4.42 Å². The van der Waals surface area contributed by atoms with Gasteiger partial charge in [-0.3, -0.25) is 4.98 Å². The molecule has 0 bridgehead atoms. The highest BCUT2D eigenvalue weighted by Crippen LogP contribution is 2.22. The molecule has 3 rings (SSSR count). The van der Waals surface area contributed by atoms with Crippen molar-refractivity contribution >= 4 is 21.1 Å². The molecule has 1 fully saturated rings. The lowest BCUT2D eigenvalue weighted by molar-refractivity contribution is 0.300. The zero-order valence-electron chi connectivity index (χ0n) is 11.6. The Bertz CT molecular complexity index is 802. The molecule has 114 valence electrons. The Morgan fingerprint density at radius 3 is 2.90 bits per heavy atom. The Morgan fingerprint density at radius 2 is 2.19 bits per heavy atom. The summed E-state index contributed by atoms with van der Waals surface area (Å²) in [5, 5.41) is 3.20. The normalized spacial score (nSPS) is 20.2. The molecule has 0 radical (unpaired) electrons. The second-order valence-electron chi connectivity index (χ2n) is 5.19. The number of fused-ring (bicyclic) bond motifs is 1. The van der Waals surface area contributed by atoms with Crippen LogP contribution in [0.15, 0.2) is 32.3 Å². The van der Waals surface area contributed by atoms with Crippen molar-refractivity contribution < 1.29 is 12.8 Å². The lowest BCUT2D eigenvalue weighted by Gasteiger charge is -2.30. The number of sulfonamides is 1. The van der Waals surface area contributed by atoms with Crippen molar-refractivity contribution in [3.8, 4) is 0 Å². The van der Waals surface area contributed by atoms with Gasteiger partial charge in [0.25, 0.3) is 0 Å². The SMILES string of the molecule is CN(C1CCCNC1)S(=O)(=O)c1ccc2[nH]c(=O)oc2c1. The van der Waals surface area contributed by atoms with Gasteiger partial charge in [0.05, 0.1) is 10.4 Å². The number of hydrogen-bond acceptors (Lipinski definition) is 5. The molecule has 2 heterocycles. The maximum Gasteiger partial charge on any atom is 0.417 e. The topological polar surface area (TPSA) is 95.4 Å². The average molecular weight is 311 g/mol. The van der Waals surface area contributed by atoms with Crippen LogP contribution in [0.3, 0.4) is 0 Å². The number of aromatic amines is 1. The number of H-pyrrole nitrogens is 1. The average Bonchev–Trinajstić information content (AvgIpc) is 2.86. The van der Waals surface area contributed by atoms with Crippen LogP contribution in [0.1, 0.15) is 12.8 Å². The molecule has 1 aromatic carbocycles. The maximum atomic E-state index is 12.7. The monoisotopic (exact) mass is 311 g/mol. The first kappa shape index (κ1) is 14.3. The van der Waals surface area contributed by atoms with Crippen LogP contribution in [-0.4, -0.2) is 43.9 Å². The summed E-state index contributed by atoms with van der Waals surface area (Å²) in [6.45, 7) is 1.57. The van der Waals surface area contributed by atoms with Crippen molar-refractivity contribution in [2.24, 2.45) is 0 Å². The maximum absolute atomic E-state index is 12.7. The van der Waals surface area contributed by atoms with E-state index in [1.54, 1.807) is 13.1 Å². The number of benzene rings is 1. The first-order valence-corrected chi connectivity index (χ1v) is 8.24. The molecule has 0 saturated carbocycles. The molecule has 7 nitrogen and oxygen atoms in total. The highest BCUT2D eigenvalue weighted by molar-refractivity contribution is 7.89. The van der Waals surface area contributed by atoms with Gasteiger partial charge in [0.15, 0.2) is 5.58 Å². The van der Waals surface area contributed by atoms with E-state index >= 15 is 0 Å². The number of likely N-dealkylation sites (N-methyl/N-ethyl adjacent to an activating group) is 1. The second kappa shape index (κ2) is 5.28. The number of aromatic nitrogens is 1. The van der Waals surface area contributed by atoms with E-state index in [9.17, 15) is 13.2 Å². The lowest BCUT2D eigenvalue weighted by atomic mass is 10.1. The van der Waals surface area contributed by atoms with Crippen LogP contribution in [0, 0.1) is 0 Å². The van der Waals surface area contributed by atoms with E-state index in [1.807, 2.05) is 0 Å². The zero-order valence-corrected chi connectivity index (χ0v) is 12.4. The number of piperidine rings is 1. The second-order valence-corrected chi connectivity index (χ2v) is 7.19. The Balaban J connectivity index is 1.96. The fraction of sp³-hybridized carbons (Fsp3) is 0.462. The largest absolute Gasteiger partial charge is 0.417 e. The first-order chi connectivity index (χ1) is 9.98. The van der Waals surface area contributed by atoms with Crippen LogP contribution in [-0.2, 0) is 10.0 Å². The Labute approximate surface area is 122 Å². The molecule has 2 aromatic rings. The van der Waals surface area contributed by atoms with Gasteiger partial charge >= 0.3 is 5.76 Å². The van der Waals surface area contributed by atoms with Gasteiger partial charge in [0, 0.05) is 25.7 Å². The Kier molecular flexibility index (Phi) is 3.60. The minimum Gasteiger partial charge on any atom is -0.408 e. The summed E-state index contributed by atoms with van der Waals surface area (Å²) in [4.78, 5) is 13.8. The van der Waals surface area contributed by atoms with Crippen LogP contribution >= 0.6 is 0 Å². The van der Waals surface area contributed by atoms with Crippen LogP contribution in [0.25, 0.3) is 11.1 Å². The molecule has 1 aliphatic heterocycles. The van der Waals surface area contributed by atoms with Gasteiger partial charge in [-0.15, -0.1) is 0 Å². The summed E-state index contributed by atoms with van der Waals surface area (Å²) in [5.41, 5.74) is 0.734. The van der Waals surface area contributed by atoms with Gasteiger partial charge in [0.1, 0.15) is 0 Å². The quantitative estimate of drug-likeness (QED) is 0.860. The summed E-state index contributed by atoms with van der Waals surface area (Å²) in [5.74, 6) is -0.593. The molecule has 0 aliphatic carbocycles. The molecule has 1 aromatic heterocycles. The highest BCUT2D eigenvalue weighted by atomic mass is 32.2. The van der Waals surface area contributed by atoms with E-state index in [0.29, 0.717) is 12.1 Å². The summed E-state index contributed by atoms with van der Waals surface area (Å²) < 4.78 is 31.6. The minimum atomic E-state index is -3.60. The molecular weight excluding hydrogens is 294 g/mol. The summed E-state index contributed by atoms with van der Waals surface area (Å²) in [7, 11) is -2.02. The molecule has 2 N–H and O–H groups in total. The Hall–Kier alpha value is -1.64. The van der Waals surface area contributed by atoms with Crippen molar-refractivity contribution in [3.05, 3.63) is 28.7 Å². The van der Waals surface area contributed by atoms with Gasteiger partial charge in [-0.1, -0.05) is 0 Å². The third-order valence-electron chi connectivity index (χ3n) is 3.85. The predicted molar refractivity (Wildman–Crippen MR) is 77.7 cm³/mol. The van der Waals surface area contributed by atoms with Gasteiger partial charge in [-0.2, -0.15) is 4.31 Å². The van der Waals surface area contributed by atoms with Crippen molar-refractivity contribution in [1.82, 2.24) is 14.6 Å². The fourth-order valence-electron chi connectivity index (χ4n) is 2.59. The van der Waals surface area contributed by atoms with Crippen LogP contribution in [0.5, 0.6) is 0 Å². The summed E-state index contributed by atoms with van der Waals surface area (Å²) >= 11 is 0.